The third kappa shape index (κ3) is 7.16. The van der Waals surface area contributed by atoms with Gasteiger partial charge in [-0.1, -0.05) is 11.6 Å². The van der Waals surface area contributed by atoms with Crippen LogP contribution in [0.1, 0.15) is 33.6 Å². The molecule has 2 saturated heterocycles. The number of halogens is 2. The number of anilines is 1. The Morgan fingerprint density at radius 2 is 1.95 bits per heavy atom. The first-order valence-corrected chi connectivity index (χ1v) is 13.8. The molecule has 13 heteroatoms. The maximum absolute atomic E-state index is 15.1. The third-order valence-electron chi connectivity index (χ3n) is 7.01. The first-order chi connectivity index (χ1) is 18.6. The van der Waals surface area contributed by atoms with Gasteiger partial charge in [-0.2, -0.15) is 9.97 Å². The van der Waals surface area contributed by atoms with Crippen LogP contribution in [0.5, 0.6) is 6.01 Å². The van der Waals surface area contributed by atoms with Gasteiger partial charge in [0.15, 0.2) is 11.0 Å². The van der Waals surface area contributed by atoms with Gasteiger partial charge in [0.05, 0.1) is 44.5 Å². The van der Waals surface area contributed by atoms with Gasteiger partial charge in [-0.15, -0.1) is 0 Å². The van der Waals surface area contributed by atoms with Crippen molar-refractivity contribution in [2.24, 2.45) is 5.41 Å². The molecular formula is C26H36ClFN6O5. The molecule has 2 aliphatic heterocycles. The minimum absolute atomic E-state index is 0.0309. The summed E-state index contributed by atoms with van der Waals surface area (Å²) >= 11 is 6.01. The van der Waals surface area contributed by atoms with E-state index in [1.54, 1.807) is 20.8 Å². The molecule has 1 saturated carbocycles. The summed E-state index contributed by atoms with van der Waals surface area (Å²) in [6.45, 7) is 11.6. The van der Waals surface area contributed by atoms with Crippen molar-refractivity contribution < 1.29 is 28.1 Å². The molecule has 0 spiro atoms. The van der Waals surface area contributed by atoms with Crippen molar-refractivity contribution in [3.05, 3.63) is 17.2 Å². The fraction of sp³-hybridized carbons (Fsp3) is 0.692. The van der Waals surface area contributed by atoms with E-state index in [9.17, 15) is 4.79 Å². The zero-order valence-electron chi connectivity index (χ0n) is 22.7. The van der Waals surface area contributed by atoms with E-state index in [-0.39, 0.29) is 28.1 Å². The normalized spacial score (nSPS) is 21.9. The second kappa shape index (κ2) is 11.5. The second-order valence-corrected chi connectivity index (χ2v) is 11.9. The smallest absolute Gasteiger partial charge is 0.408 e. The van der Waals surface area contributed by atoms with E-state index in [1.165, 1.54) is 6.20 Å². The highest BCUT2D eigenvalue weighted by Crippen LogP contribution is 2.46. The van der Waals surface area contributed by atoms with Crippen LogP contribution in [0.4, 0.5) is 15.0 Å². The van der Waals surface area contributed by atoms with Gasteiger partial charge in [0.2, 0.25) is 0 Å². The number of amides is 1. The number of hydrogen-bond acceptors (Lipinski definition) is 10. The van der Waals surface area contributed by atoms with Crippen LogP contribution in [0.25, 0.3) is 10.9 Å². The predicted octanol–water partition coefficient (Wildman–Crippen LogP) is 3.04. The Balaban J connectivity index is 1.37. The molecule has 0 bridgehead atoms. The van der Waals surface area contributed by atoms with Crippen LogP contribution in [0.15, 0.2) is 6.20 Å². The largest absolute Gasteiger partial charge is 0.463 e. The average molecular weight is 567 g/mol. The Morgan fingerprint density at radius 1 is 1.21 bits per heavy atom. The quantitative estimate of drug-likeness (QED) is 0.502. The van der Waals surface area contributed by atoms with Gasteiger partial charge < -0.3 is 29.2 Å². The standard InChI is InChI=1S/C26H36ClFN6O5/c1-25(2,3)39-24(35)30-17-13-34(8-11-37-14-17)22-18-12-29-21(27)19(28)20(18)31-23(32-22)38-16-26(4-5-26)15-33-6-9-36-10-7-33/h12,17H,4-11,13-16H2,1-3H3,(H,30,35)/t17-/m0/s1. The molecule has 2 aromatic heterocycles. The number of carbonyl (C=O) groups is 1. The lowest BCUT2D eigenvalue weighted by atomic mass is 10.1. The number of hydrogen-bond donors (Lipinski definition) is 1. The molecular weight excluding hydrogens is 531 g/mol. The van der Waals surface area contributed by atoms with Crippen LogP contribution in [0.2, 0.25) is 5.15 Å². The SMILES string of the molecule is CC(C)(C)OC(=O)N[C@@H]1COCCN(c2nc(OCC3(CN4CCOCC4)CC3)nc3c(F)c(Cl)ncc23)C1. The second-order valence-electron chi connectivity index (χ2n) is 11.5. The van der Waals surface area contributed by atoms with Crippen molar-refractivity contribution in [3.8, 4) is 6.01 Å². The molecule has 1 N–H and O–H groups in total. The summed E-state index contributed by atoms with van der Waals surface area (Å²) < 4.78 is 37.9. The van der Waals surface area contributed by atoms with E-state index in [4.69, 9.17) is 35.5 Å². The summed E-state index contributed by atoms with van der Waals surface area (Å²) in [4.78, 5) is 29.8. The third-order valence-corrected chi connectivity index (χ3v) is 7.28. The number of nitrogens with one attached hydrogen (secondary N) is 1. The Morgan fingerprint density at radius 3 is 2.67 bits per heavy atom. The van der Waals surface area contributed by atoms with E-state index < -0.39 is 17.5 Å². The van der Waals surface area contributed by atoms with E-state index in [2.05, 4.69) is 20.2 Å². The molecule has 5 rings (SSSR count). The number of fused-ring (bicyclic) bond motifs is 1. The minimum Gasteiger partial charge on any atom is -0.463 e. The molecule has 1 amide bonds. The molecule has 0 aromatic carbocycles. The number of alkyl carbamates (subject to hydrolysis) is 1. The van der Waals surface area contributed by atoms with Crippen molar-refractivity contribution in [2.45, 2.75) is 45.3 Å². The van der Waals surface area contributed by atoms with Crippen molar-refractivity contribution in [3.63, 3.8) is 0 Å². The number of ether oxygens (including phenoxy) is 4. The van der Waals surface area contributed by atoms with Crippen LogP contribution in [-0.2, 0) is 14.2 Å². The van der Waals surface area contributed by atoms with Crippen molar-refractivity contribution >= 4 is 34.4 Å². The summed E-state index contributed by atoms with van der Waals surface area (Å²) in [5.74, 6) is -0.288. The Labute approximate surface area is 232 Å². The lowest BCUT2D eigenvalue weighted by Gasteiger charge is -2.30. The van der Waals surface area contributed by atoms with Gasteiger partial charge in [-0.25, -0.2) is 14.2 Å². The number of pyridine rings is 1. The average Bonchev–Trinajstić information content (AvgIpc) is 3.68. The maximum Gasteiger partial charge on any atom is 0.408 e. The zero-order valence-corrected chi connectivity index (χ0v) is 23.4. The highest BCUT2D eigenvalue weighted by atomic mass is 35.5. The van der Waals surface area contributed by atoms with Gasteiger partial charge in [0, 0.05) is 44.3 Å². The van der Waals surface area contributed by atoms with Crippen LogP contribution in [0.3, 0.4) is 0 Å². The first kappa shape index (κ1) is 28.0. The molecule has 3 aliphatic rings. The van der Waals surface area contributed by atoms with Gasteiger partial charge in [-0.3, -0.25) is 4.90 Å². The summed E-state index contributed by atoms with van der Waals surface area (Å²) in [5.41, 5.74) is -0.564. The molecule has 3 fully saturated rings. The van der Waals surface area contributed by atoms with E-state index in [1.807, 2.05) is 4.90 Å². The number of nitrogens with zero attached hydrogens (tertiary/aromatic N) is 5. The van der Waals surface area contributed by atoms with E-state index >= 15 is 4.39 Å². The topological polar surface area (TPSA) is 111 Å². The predicted molar refractivity (Wildman–Crippen MR) is 143 cm³/mol. The van der Waals surface area contributed by atoms with Crippen LogP contribution < -0.4 is 15.0 Å². The minimum atomic E-state index is -0.730. The van der Waals surface area contributed by atoms with E-state index in [0.29, 0.717) is 44.1 Å². The molecule has 2 aromatic rings. The monoisotopic (exact) mass is 566 g/mol. The van der Waals surface area contributed by atoms with Gasteiger partial charge in [0.1, 0.15) is 16.9 Å². The molecule has 4 heterocycles. The van der Waals surface area contributed by atoms with Gasteiger partial charge in [-0.05, 0) is 33.6 Å². The fourth-order valence-corrected chi connectivity index (χ4v) is 4.98. The van der Waals surface area contributed by atoms with Crippen LogP contribution in [0, 0.1) is 11.2 Å². The molecule has 11 nitrogen and oxygen atoms in total. The van der Waals surface area contributed by atoms with Gasteiger partial charge in [0.25, 0.3) is 0 Å². The molecule has 1 aliphatic carbocycles. The Hall–Kier alpha value is -2.54. The number of carbonyl (C=O) groups excluding carboxylic acids is 1. The lowest BCUT2D eigenvalue weighted by Crippen LogP contribution is -2.46. The number of morpholine rings is 1. The summed E-state index contributed by atoms with van der Waals surface area (Å²) in [7, 11) is 0. The molecule has 0 radical (unpaired) electrons. The van der Waals surface area contributed by atoms with Crippen molar-refractivity contribution in [1.29, 1.82) is 0 Å². The van der Waals surface area contributed by atoms with Crippen LogP contribution in [-0.4, -0.2) is 103 Å². The Kier molecular flexibility index (Phi) is 8.27. The van der Waals surface area contributed by atoms with Crippen molar-refractivity contribution in [2.75, 3.05) is 70.7 Å². The molecule has 1 atom stereocenters. The summed E-state index contributed by atoms with van der Waals surface area (Å²) in [5, 5.41) is 2.99. The van der Waals surface area contributed by atoms with Crippen LogP contribution >= 0.6 is 11.6 Å². The van der Waals surface area contributed by atoms with Crippen molar-refractivity contribution in [1.82, 2.24) is 25.2 Å². The highest BCUT2D eigenvalue weighted by molar-refractivity contribution is 6.30. The molecule has 214 valence electrons. The molecule has 0 unspecified atom stereocenters. The highest BCUT2D eigenvalue weighted by Gasteiger charge is 2.45. The number of aromatic nitrogens is 3. The summed E-state index contributed by atoms with van der Waals surface area (Å²) in [6, 6.07) is -0.307. The van der Waals surface area contributed by atoms with E-state index in [0.717, 1.165) is 45.7 Å². The molecule has 39 heavy (non-hydrogen) atoms. The number of rotatable bonds is 7. The lowest BCUT2D eigenvalue weighted by molar-refractivity contribution is 0.0231. The Bertz CT molecular complexity index is 1190. The fourth-order valence-electron chi connectivity index (χ4n) is 4.85. The summed E-state index contributed by atoms with van der Waals surface area (Å²) in [6.07, 6.45) is 3.03. The van der Waals surface area contributed by atoms with Gasteiger partial charge >= 0.3 is 12.1 Å². The maximum atomic E-state index is 15.1. The first-order valence-electron chi connectivity index (χ1n) is 13.4. The zero-order chi connectivity index (χ0) is 27.6.